The van der Waals surface area contributed by atoms with Crippen LogP contribution in [0.3, 0.4) is 0 Å². The van der Waals surface area contributed by atoms with Gasteiger partial charge in [-0.1, -0.05) is 6.92 Å². The Bertz CT molecular complexity index is 188. The van der Waals surface area contributed by atoms with Gasteiger partial charge in [-0.2, -0.15) is 0 Å². The predicted octanol–water partition coefficient (Wildman–Crippen LogP) is 0.668. The van der Waals surface area contributed by atoms with Gasteiger partial charge in [-0.15, -0.1) is 0 Å². The molecule has 0 unspecified atom stereocenters. The van der Waals surface area contributed by atoms with Gasteiger partial charge in [0.1, 0.15) is 6.61 Å². The first-order valence-corrected chi connectivity index (χ1v) is 3.66. The fourth-order valence-corrected chi connectivity index (χ4v) is 0.901. The highest BCUT2D eigenvalue weighted by Gasteiger charge is 2.24. The number of aliphatic imine (C=N–C) groups is 1. The number of nitrogens with zero attached hydrogens (tertiary/aromatic N) is 1. The second-order valence-corrected chi connectivity index (χ2v) is 2.44. The number of carboxylic acid groups (broad SMARTS) is 1. The Morgan fingerprint density at radius 2 is 2.64 bits per heavy atom. The van der Waals surface area contributed by atoms with Crippen LogP contribution in [-0.4, -0.2) is 29.6 Å². The molecule has 0 saturated heterocycles. The fourth-order valence-electron chi connectivity index (χ4n) is 0.901. The molecule has 1 aliphatic rings. The lowest BCUT2D eigenvalue weighted by Gasteiger charge is -1.96. The van der Waals surface area contributed by atoms with Gasteiger partial charge in [0.2, 0.25) is 0 Å². The Hall–Kier alpha value is -1.06. The second-order valence-electron chi connectivity index (χ2n) is 2.44. The van der Waals surface area contributed by atoms with Crippen molar-refractivity contribution in [1.82, 2.24) is 0 Å². The summed E-state index contributed by atoms with van der Waals surface area (Å²) in [7, 11) is 0. The van der Waals surface area contributed by atoms with Crippen molar-refractivity contribution in [2.45, 2.75) is 25.8 Å². The molecule has 1 aliphatic heterocycles. The molecule has 0 aromatic carbocycles. The van der Waals surface area contributed by atoms with Gasteiger partial charge in [0.25, 0.3) is 0 Å². The molecule has 0 amide bonds. The van der Waals surface area contributed by atoms with Crippen LogP contribution in [0.1, 0.15) is 19.8 Å². The molecule has 0 aromatic heterocycles. The van der Waals surface area contributed by atoms with Crippen molar-refractivity contribution in [3.8, 4) is 0 Å². The highest BCUT2D eigenvalue weighted by Crippen LogP contribution is 2.08. The Morgan fingerprint density at radius 3 is 3.09 bits per heavy atom. The topological polar surface area (TPSA) is 58.9 Å². The van der Waals surface area contributed by atoms with E-state index in [-0.39, 0.29) is 6.61 Å². The lowest BCUT2D eigenvalue weighted by Crippen LogP contribution is -2.18. The van der Waals surface area contributed by atoms with Crippen LogP contribution in [0.5, 0.6) is 0 Å². The van der Waals surface area contributed by atoms with E-state index in [2.05, 4.69) is 4.99 Å². The summed E-state index contributed by atoms with van der Waals surface area (Å²) >= 11 is 0. The third kappa shape index (κ3) is 1.93. The summed E-state index contributed by atoms with van der Waals surface area (Å²) in [6, 6.07) is -0.670. The Morgan fingerprint density at radius 1 is 1.91 bits per heavy atom. The maximum Gasteiger partial charge on any atom is 0.332 e. The number of carbonyl (C=O) groups is 1. The Kier molecular flexibility index (Phi) is 2.46. The van der Waals surface area contributed by atoms with E-state index >= 15 is 0 Å². The number of hydrogen-bond donors (Lipinski definition) is 1. The third-order valence-electron chi connectivity index (χ3n) is 1.46. The van der Waals surface area contributed by atoms with Crippen LogP contribution < -0.4 is 0 Å². The molecule has 1 atom stereocenters. The van der Waals surface area contributed by atoms with E-state index in [1.54, 1.807) is 0 Å². The molecular formula is C7H11NO3. The van der Waals surface area contributed by atoms with Crippen molar-refractivity contribution >= 4 is 11.9 Å². The van der Waals surface area contributed by atoms with Crippen LogP contribution in [0.15, 0.2) is 4.99 Å². The molecule has 0 bridgehead atoms. The van der Waals surface area contributed by atoms with Crippen molar-refractivity contribution in [2.75, 3.05) is 6.61 Å². The van der Waals surface area contributed by atoms with Gasteiger partial charge in [-0.25, -0.2) is 9.79 Å². The van der Waals surface area contributed by atoms with E-state index in [0.717, 1.165) is 12.8 Å². The molecule has 0 spiro atoms. The van der Waals surface area contributed by atoms with Gasteiger partial charge in [-0.05, 0) is 6.42 Å². The fraction of sp³-hybridized carbons (Fsp3) is 0.714. The zero-order valence-corrected chi connectivity index (χ0v) is 6.41. The maximum atomic E-state index is 10.4. The zero-order valence-electron chi connectivity index (χ0n) is 6.41. The van der Waals surface area contributed by atoms with Crippen LogP contribution >= 0.6 is 0 Å². The van der Waals surface area contributed by atoms with Crippen molar-refractivity contribution in [2.24, 2.45) is 4.99 Å². The van der Waals surface area contributed by atoms with Gasteiger partial charge in [0, 0.05) is 6.42 Å². The number of ether oxygens (including phenoxy) is 1. The lowest BCUT2D eigenvalue weighted by molar-refractivity contribution is -0.138. The Labute approximate surface area is 64.9 Å². The maximum absolute atomic E-state index is 10.4. The van der Waals surface area contributed by atoms with Gasteiger partial charge in [-0.3, -0.25) is 0 Å². The molecule has 1 N–H and O–H groups in total. The molecule has 1 heterocycles. The van der Waals surface area contributed by atoms with Crippen molar-refractivity contribution in [3.05, 3.63) is 0 Å². The van der Waals surface area contributed by atoms with Gasteiger partial charge < -0.3 is 9.84 Å². The zero-order chi connectivity index (χ0) is 8.27. The standard InChI is InChI=1S/C7H11NO3/c1-2-3-6-8-5(4-11-6)7(9)10/h5H,2-4H2,1H3,(H,9,10)/t5-/m0/s1. The van der Waals surface area contributed by atoms with Crippen LogP contribution in [0.4, 0.5) is 0 Å². The summed E-state index contributed by atoms with van der Waals surface area (Å²) in [6.07, 6.45) is 1.68. The summed E-state index contributed by atoms with van der Waals surface area (Å²) in [4.78, 5) is 14.2. The van der Waals surface area contributed by atoms with Crippen LogP contribution in [0.25, 0.3) is 0 Å². The summed E-state index contributed by atoms with van der Waals surface area (Å²) in [5, 5.41) is 8.51. The average molecular weight is 157 g/mol. The minimum absolute atomic E-state index is 0.199. The SMILES string of the molecule is CCCC1=N[C@H](C(=O)O)CO1. The number of aliphatic carboxylic acids is 1. The van der Waals surface area contributed by atoms with E-state index in [9.17, 15) is 4.79 Å². The van der Waals surface area contributed by atoms with Gasteiger partial charge >= 0.3 is 5.97 Å². The average Bonchev–Trinajstić information content (AvgIpc) is 2.37. The van der Waals surface area contributed by atoms with Gasteiger partial charge in [0.05, 0.1) is 0 Å². The lowest BCUT2D eigenvalue weighted by atomic mass is 10.3. The molecule has 0 saturated carbocycles. The van der Waals surface area contributed by atoms with E-state index in [1.807, 2.05) is 6.92 Å². The first-order chi connectivity index (χ1) is 5.24. The summed E-state index contributed by atoms with van der Waals surface area (Å²) < 4.78 is 5.04. The second kappa shape index (κ2) is 3.37. The minimum Gasteiger partial charge on any atom is -0.480 e. The highest BCUT2D eigenvalue weighted by atomic mass is 16.5. The minimum atomic E-state index is -0.906. The Balaban J connectivity index is 2.47. The predicted molar refractivity (Wildman–Crippen MR) is 39.7 cm³/mol. The van der Waals surface area contributed by atoms with Crippen LogP contribution in [-0.2, 0) is 9.53 Å². The number of hydrogen-bond acceptors (Lipinski definition) is 3. The van der Waals surface area contributed by atoms with Crippen molar-refractivity contribution in [1.29, 1.82) is 0 Å². The molecule has 1 rings (SSSR count). The highest BCUT2D eigenvalue weighted by molar-refractivity contribution is 5.84. The first-order valence-electron chi connectivity index (χ1n) is 3.66. The molecule has 0 radical (unpaired) electrons. The smallest absolute Gasteiger partial charge is 0.332 e. The molecule has 0 aliphatic carbocycles. The quantitative estimate of drug-likeness (QED) is 0.655. The molecule has 62 valence electrons. The summed E-state index contributed by atoms with van der Waals surface area (Å²) in [5.74, 6) is -0.323. The van der Waals surface area contributed by atoms with Crippen LogP contribution in [0, 0.1) is 0 Å². The normalized spacial score (nSPS) is 22.6. The monoisotopic (exact) mass is 157 g/mol. The van der Waals surface area contributed by atoms with E-state index < -0.39 is 12.0 Å². The number of rotatable bonds is 3. The molecular weight excluding hydrogens is 146 g/mol. The molecule has 0 aromatic rings. The molecule has 0 fully saturated rings. The molecule has 4 nitrogen and oxygen atoms in total. The summed E-state index contributed by atoms with van der Waals surface area (Å²) in [5.41, 5.74) is 0. The first kappa shape index (κ1) is 8.04. The largest absolute Gasteiger partial charge is 0.480 e. The van der Waals surface area contributed by atoms with Crippen LogP contribution in [0.2, 0.25) is 0 Å². The molecule has 4 heteroatoms. The third-order valence-corrected chi connectivity index (χ3v) is 1.46. The van der Waals surface area contributed by atoms with Crippen molar-refractivity contribution < 1.29 is 14.6 Å². The van der Waals surface area contributed by atoms with Crippen molar-refractivity contribution in [3.63, 3.8) is 0 Å². The van der Waals surface area contributed by atoms with E-state index in [4.69, 9.17) is 9.84 Å². The number of carboxylic acids is 1. The van der Waals surface area contributed by atoms with E-state index in [0.29, 0.717) is 5.90 Å². The molecule has 11 heavy (non-hydrogen) atoms. The van der Waals surface area contributed by atoms with Gasteiger partial charge in [0.15, 0.2) is 11.9 Å². The van der Waals surface area contributed by atoms with E-state index in [1.165, 1.54) is 0 Å². The summed E-state index contributed by atoms with van der Waals surface area (Å²) in [6.45, 7) is 2.20.